The third-order valence-corrected chi connectivity index (χ3v) is 3.35. The minimum Gasteiger partial charge on any atom is -0.368 e. The molecule has 0 radical (unpaired) electrons. The van der Waals surface area contributed by atoms with Gasteiger partial charge in [0, 0.05) is 0 Å². The van der Waals surface area contributed by atoms with Crippen LogP contribution in [0.4, 0.5) is 0 Å². The molecule has 2 heteroatoms. The first-order chi connectivity index (χ1) is 4.86. The number of hydrogen-bond acceptors (Lipinski definition) is 2. The van der Waals surface area contributed by atoms with Crippen molar-refractivity contribution in [2.75, 3.05) is 0 Å². The highest BCUT2D eigenvalue weighted by molar-refractivity contribution is 5.23. The Balaban J connectivity index is 2.07. The smallest absolute Gasteiger partial charge is 0.103 e. The first kappa shape index (κ1) is 5.15. The van der Waals surface area contributed by atoms with Crippen LogP contribution in [0.25, 0.3) is 0 Å². The molecule has 0 N–H and O–H groups in total. The predicted molar refractivity (Wildman–Crippen MR) is 34.0 cm³/mol. The number of epoxide rings is 1. The molecule has 10 heavy (non-hydrogen) atoms. The van der Waals surface area contributed by atoms with Gasteiger partial charge in [-0.1, -0.05) is 0 Å². The van der Waals surface area contributed by atoms with Gasteiger partial charge in [-0.15, -0.1) is 0 Å². The Morgan fingerprint density at radius 2 is 2.50 bits per heavy atom. The van der Waals surface area contributed by atoms with Crippen LogP contribution in [0.15, 0.2) is 0 Å². The molecule has 3 rings (SSSR count). The minimum absolute atomic E-state index is 0.0324. The Kier molecular flexibility index (Phi) is 0.638. The lowest BCUT2D eigenvalue weighted by atomic mass is 9.86. The van der Waals surface area contributed by atoms with Crippen molar-refractivity contribution in [2.45, 2.75) is 31.5 Å². The largest absolute Gasteiger partial charge is 0.368 e. The van der Waals surface area contributed by atoms with Gasteiger partial charge in [0.1, 0.15) is 6.10 Å². The molecule has 0 aromatic heterocycles. The summed E-state index contributed by atoms with van der Waals surface area (Å²) >= 11 is 0. The van der Waals surface area contributed by atoms with E-state index in [2.05, 4.69) is 6.07 Å². The van der Waals surface area contributed by atoms with E-state index in [0.717, 1.165) is 18.8 Å². The van der Waals surface area contributed by atoms with Gasteiger partial charge < -0.3 is 4.74 Å². The van der Waals surface area contributed by atoms with Gasteiger partial charge in [-0.25, -0.2) is 0 Å². The monoisotopic (exact) mass is 135 g/mol. The molecule has 0 aromatic rings. The highest BCUT2D eigenvalue weighted by Gasteiger charge is 2.68. The Bertz CT molecular complexity index is 232. The summed E-state index contributed by atoms with van der Waals surface area (Å²) in [5.74, 6) is 0.740. The summed E-state index contributed by atoms with van der Waals surface area (Å²) in [5, 5.41) is 8.91. The zero-order chi connectivity index (χ0) is 6.77. The van der Waals surface area contributed by atoms with Crippen LogP contribution >= 0.6 is 0 Å². The average Bonchev–Trinajstić information content (AvgIpc) is 2.62. The van der Waals surface area contributed by atoms with Gasteiger partial charge in [-0.3, -0.25) is 0 Å². The summed E-state index contributed by atoms with van der Waals surface area (Å²) in [6, 6.07) is 2.44. The van der Waals surface area contributed by atoms with Crippen molar-refractivity contribution in [3.05, 3.63) is 0 Å². The van der Waals surface area contributed by atoms with Gasteiger partial charge in [0.25, 0.3) is 0 Å². The molecular formula is C8H9NO. The zero-order valence-electron chi connectivity index (χ0n) is 5.71. The number of hydrogen-bond donors (Lipinski definition) is 0. The normalized spacial score (nSPS) is 61.7. The van der Waals surface area contributed by atoms with E-state index < -0.39 is 0 Å². The number of nitriles is 1. The molecule has 3 fully saturated rings. The van der Waals surface area contributed by atoms with Gasteiger partial charge in [0.15, 0.2) is 0 Å². The summed E-state index contributed by atoms with van der Waals surface area (Å²) in [5.41, 5.74) is -0.0324. The molecule has 1 heterocycles. The van der Waals surface area contributed by atoms with Crippen LogP contribution in [0, 0.1) is 22.7 Å². The van der Waals surface area contributed by atoms with Crippen LogP contribution in [0.1, 0.15) is 19.3 Å². The molecule has 2 bridgehead atoms. The second kappa shape index (κ2) is 1.24. The van der Waals surface area contributed by atoms with Crippen LogP contribution in [0.5, 0.6) is 0 Å². The van der Waals surface area contributed by atoms with Crippen molar-refractivity contribution in [3.8, 4) is 6.07 Å². The SMILES string of the molecule is N#CC12CCC(C1)C1OC12. The fraction of sp³-hybridized carbons (Fsp3) is 0.875. The molecule has 4 unspecified atom stereocenters. The average molecular weight is 135 g/mol. The summed E-state index contributed by atoms with van der Waals surface area (Å²) in [4.78, 5) is 0. The van der Waals surface area contributed by atoms with Gasteiger partial charge in [0.2, 0.25) is 0 Å². The lowest BCUT2D eigenvalue weighted by Gasteiger charge is -2.13. The van der Waals surface area contributed by atoms with Crippen LogP contribution in [-0.2, 0) is 4.74 Å². The molecule has 3 aliphatic rings. The van der Waals surface area contributed by atoms with Gasteiger partial charge in [0.05, 0.1) is 17.6 Å². The third kappa shape index (κ3) is 0.357. The molecule has 52 valence electrons. The van der Waals surface area contributed by atoms with Crippen molar-refractivity contribution in [3.63, 3.8) is 0 Å². The summed E-state index contributed by atoms with van der Waals surface area (Å²) < 4.78 is 5.41. The van der Waals surface area contributed by atoms with E-state index in [9.17, 15) is 0 Å². The number of rotatable bonds is 0. The third-order valence-electron chi connectivity index (χ3n) is 3.35. The molecule has 1 saturated heterocycles. The number of ether oxygens (including phenoxy) is 1. The highest BCUT2D eigenvalue weighted by atomic mass is 16.6. The van der Waals surface area contributed by atoms with Crippen LogP contribution in [0.3, 0.4) is 0 Å². The molecule has 2 nitrogen and oxygen atoms in total. The van der Waals surface area contributed by atoms with Crippen LogP contribution in [0.2, 0.25) is 0 Å². The minimum atomic E-state index is -0.0324. The Morgan fingerprint density at radius 3 is 3.00 bits per heavy atom. The van der Waals surface area contributed by atoms with Gasteiger partial charge in [-0.2, -0.15) is 5.26 Å². The number of fused-ring (bicyclic) bond motifs is 5. The molecule has 0 aromatic carbocycles. The maximum atomic E-state index is 8.91. The second-order valence-electron chi connectivity index (χ2n) is 3.79. The molecule has 0 spiro atoms. The van der Waals surface area contributed by atoms with E-state index >= 15 is 0 Å². The van der Waals surface area contributed by atoms with E-state index in [1.165, 1.54) is 6.42 Å². The molecule has 1 aliphatic heterocycles. The fourth-order valence-corrected chi connectivity index (χ4v) is 2.75. The summed E-state index contributed by atoms with van der Waals surface area (Å²) in [6.07, 6.45) is 4.28. The lowest BCUT2D eigenvalue weighted by molar-refractivity contribution is 0.225. The maximum Gasteiger partial charge on any atom is 0.103 e. The number of nitrogens with zero attached hydrogens (tertiary/aromatic N) is 1. The maximum absolute atomic E-state index is 8.91. The van der Waals surface area contributed by atoms with Crippen molar-refractivity contribution >= 4 is 0 Å². The van der Waals surface area contributed by atoms with E-state index in [1.54, 1.807) is 0 Å². The molecule has 2 saturated carbocycles. The standard InChI is InChI=1S/C8H9NO/c9-4-8-2-1-5(3-8)6-7(8)10-6/h5-7H,1-3H2. The van der Waals surface area contributed by atoms with E-state index in [0.29, 0.717) is 12.2 Å². The Labute approximate surface area is 59.8 Å². The van der Waals surface area contributed by atoms with Crippen molar-refractivity contribution < 1.29 is 4.74 Å². The quantitative estimate of drug-likeness (QED) is 0.466. The van der Waals surface area contributed by atoms with Crippen LogP contribution in [-0.4, -0.2) is 12.2 Å². The highest BCUT2D eigenvalue weighted by Crippen LogP contribution is 2.63. The van der Waals surface area contributed by atoms with E-state index in [1.807, 2.05) is 0 Å². The van der Waals surface area contributed by atoms with Crippen molar-refractivity contribution in [1.82, 2.24) is 0 Å². The molecule has 4 atom stereocenters. The topological polar surface area (TPSA) is 36.3 Å². The summed E-state index contributed by atoms with van der Waals surface area (Å²) in [7, 11) is 0. The van der Waals surface area contributed by atoms with Crippen molar-refractivity contribution in [1.29, 1.82) is 5.26 Å². The first-order valence-corrected chi connectivity index (χ1v) is 3.92. The summed E-state index contributed by atoms with van der Waals surface area (Å²) in [6.45, 7) is 0. The zero-order valence-corrected chi connectivity index (χ0v) is 5.71. The van der Waals surface area contributed by atoms with E-state index in [4.69, 9.17) is 10.00 Å². The van der Waals surface area contributed by atoms with E-state index in [-0.39, 0.29) is 5.41 Å². The molecular weight excluding hydrogens is 126 g/mol. The van der Waals surface area contributed by atoms with Crippen LogP contribution < -0.4 is 0 Å². The Hall–Kier alpha value is -0.550. The van der Waals surface area contributed by atoms with Crippen molar-refractivity contribution in [2.24, 2.45) is 11.3 Å². The fourth-order valence-electron chi connectivity index (χ4n) is 2.75. The van der Waals surface area contributed by atoms with Gasteiger partial charge in [-0.05, 0) is 25.2 Å². The van der Waals surface area contributed by atoms with Gasteiger partial charge >= 0.3 is 0 Å². The molecule has 2 aliphatic carbocycles. The second-order valence-corrected chi connectivity index (χ2v) is 3.79. The molecule has 0 amide bonds. The Morgan fingerprint density at radius 1 is 1.60 bits per heavy atom. The first-order valence-electron chi connectivity index (χ1n) is 3.92. The predicted octanol–water partition coefficient (Wildman–Crippen LogP) is 1.08. The lowest BCUT2D eigenvalue weighted by Crippen LogP contribution is -2.19.